The van der Waals surface area contributed by atoms with E-state index in [2.05, 4.69) is 26.2 Å². The maximum absolute atomic E-state index is 8.94. The molecule has 4 heteroatoms. The third kappa shape index (κ3) is 3.32. The Morgan fingerprint density at radius 1 is 1.62 bits per heavy atom. The lowest BCUT2D eigenvalue weighted by Gasteiger charge is -2.14. The fourth-order valence-electron chi connectivity index (χ4n) is 0.947. The standard InChI is InChI=1S/C9H13BrN2O/c1-2-8(6-13)12-9-4-3-7(10)5-11-9/h3-5,8,13H,2,6H2,1H3,(H,11,12). The van der Waals surface area contributed by atoms with Crippen LogP contribution >= 0.6 is 15.9 Å². The van der Waals surface area contributed by atoms with Crippen LogP contribution in [0.5, 0.6) is 0 Å². The zero-order valence-corrected chi connectivity index (χ0v) is 9.08. The number of rotatable bonds is 4. The summed E-state index contributed by atoms with van der Waals surface area (Å²) in [6.07, 6.45) is 2.61. The molecular formula is C9H13BrN2O. The van der Waals surface area contributed by atoms with Gasteiger partial charge in [-0.15, -0.1) is 0 Å². The number of aromatic nitrogens is 1. The Morgan fingerprint density at radius 2 is 2.38 bits per heavy atom. The smallest absolute Gasteiger partial charge is 0.126 e. The number of halogens is 1. The van der Waals surface area contributed by atoms with Crippen molar-refractivity contribution in [3.8, 4) is 0 Å². The molecule has 0 amide bonds. The van der Waals surface area contributed by atoms with E-state index in [-0.39, 0.29) is 12.6 Å². The van der Waals surface area contributed by atoms with E-state index >= 15 is 0 Å². The number of hydrogen-bond donors (Lipinski definition) is 2. The van der Waals surface area contributed by atoms with Crippen molar-refractivity contribution in [2.45, 2.75) is 19.4 Å². The molecule has 1 atom stereocenters. The van der Waals surface area contributed by atoms with E-state index in [1.807, 2.05) is 19.1 Å². The summed E-state index contributed by atoms with van der Waals surface area (Å²) in [6, 6.07) is 3.88. The monoisotopic (exact) mass is 244 g/mol. The van der Waals surface area contributed by atoms with Crippen molar-refractivity contribution in [3.05, 3.63) is 22.8 Å². The Labute approximate surface area is 86.3 Å². The molecule has 0 aliphatic rings. The third-order valence-electron chi connectivity index (χ3n) is 1.79. The van der Waals surface area contributed by atoms with Crippen LogP contribution in [0.15, 0.2) is 22.8 Å². The lowest BCUT2D eigenvalue weighted by Crippen LogP contribution is -2.22. The van der Waals surface area contributed by atoms with E-state index in [0.29, 0.717) is 0 Å². The van der Waals surface area contributed by atoms with E-state index in [1.54, 1.807) is 6.20 Å². The van der Waals surface area contributed by atoms with Crippen LogP contribution in [0.3, 0.4) is 0 Å². The molecule has 1 unspecified atom stereocenters. The van der Waals surface area contributed by atoms with Gasteiger partial charge in [0.15, 0.2) is 0 Å². The molecule has 1 heterocycles. The number of anilines is 1. The topological polar surface area (TPSA) is 45.1 Å². The highest BCUT2D eigenvalue weighted by molar-refractivity contribution is 9.10. The lowest BCUT2D eigenvalue weighted by molar-refractivity contribution is 0.271. The molecule has 0 spiro atoms. The van der Waals surface area contributed by atoms with Crippen LogP contribution in [0.25, 0.3) is 0 Å². The quantitative estimate of drug-likeness (QED) is 0.853. The van der Waals surface area contributed by atoms with Crippen LogP contribution in [-0.4, -0.2) is 22.7 Å². The predicted octanol–water partition coefficient (Wildman–Crippen LogP) is 2.03. The van der Waals surface area contributed by atoms with E-state index in [0.717, 1.165) is 16.7 Å². The second-order valence-electron chi connectivity index (χ2n) is 2.79. The summed E-state index contributed by atoms with van der Waals surface area (Å²) in [5.41, 5.74) is 0. The molecule has 0 bridgehead atoms. The Balaban J connectivity index is 2.58. The SMILES string of the molecule is CCC(CO)Nc1ccc(Br)cn1. The van der Waals surface area contributed by atoms with Gasteiger partial charge in [-0.3, -0.25) is 0 Å². The number of aliphatic hydroxyl groups is 1. The second kappa shape index (κ2) is 5.19. The van der Waals surface area contributed by atoms with E-state index in [9.17, 15) is 0 Å². The fraction of sp³-hybridized carbons (Fsp3) is 0.444. The zero-order valence-electron chi connectivity index (χ0n) is 7.50. The van der Waals surface area contributed by atoms with Gasteiger partial charge in [0.05, 0.1) is 12.6 Å². The van der Waals surface area contributed by atoms with E-state index in [1.165, 1.54) is 0 Å². The molecular weight excluding hydrogens is 232 g/mol. The average Bonchev–Trinajstić information content (AvgIpc) is 2.17. The number of hydrogen-bond acceptors (Lipinski definition) is 3. The number of nitrogens with one attached hydrogen (secondary N) is 1. The minimum Gasteiger partial charge on any atom is -0.394 e. The summed E-state index contributed by atoms with van der Waals surface area (Å²) in [7, 11) is 0. The van der Waals surface area contributed by atoms with Crippen molar-refractivity contribution in [2.24, 2.45) is 0 Å². The van der Waals surface area contributed by atoms with E-state index < -0.39 is 0 Å². The van der Waals surface area contributed by atoms with Crippen molar-refractivity contribution in [2.75, 3.05) is 11.9 Å². The van der Waals surface area contributed by atoms with Gasteiger partial charge in [-0.05, 0) is 34.5 Å². The Kier molecular flexibility index (Phi) is 4.18. The van der Waals surface area contributed by atoms with Crippen LogP contribution in [0.4, 0.5) is 5.82 Å². The first kappa shape index (κ1) is 10.5. The predicted molar refractivity (Wildman–Crippen MR) is 56.7 cm³/mol. The van der Waals surface area contributed by atoms with Gasteiger partial charge in [0.1, 0.15) is 5.82 Å². The van der Waals surface area contributed by atoms with Crippen molar-refractivity contribution >= 4 is 21.7 Å². The molecule has 0 aliphatic heterocycles. The normalized spacial score (nSPS) is 12.5. The summed E-state index contributed by atoms with van der Waals surface area (Å²) < 4.78 is 0.954. The molecule has 13 heavy (non-hydrogen) atoms. The maximum Gasteiger partial charge on any atom is 0.126 e. The number of nitrogens with zero attached hydrogens (tertiary/aromatic N) is 1. The molecule has 72 valence electrons. The van der Waals surface area contributed by atoms with Gasteiger partial charge >= 0.3 is 0 Å². The summed E-state index contributed by atoms with van der Waals surface area (Å²) >= 11 is 3.31. The van der Waals surface area contributed by atoms with Crippen LogP contribution in [0.1, 0.15) is 13.3 Å². The summed E-state index contributed by atoms with van der Waals surface area (Å²) in [5.74, 6) is 0.795. The number of pyridine rings is 1. The third-order valence-corrected chi connectivity index (χ3v) is 2.26. The molecule has 1 rings (SSSR count). The minimum atomic E-state index is 0.0914. The second-order valence-corrected chi connectivity index (χ2v) is 3.71. The molecule has 2 N–H and O–H groups in total. The van der Waals surface area contributed by atoms with Gasteiger partial charge in [-0.1, -0.05) is 6.92 Å². The summed E-state index contributed by atoms with van der Waals surface area (Å²) in [5, 5.41) is 12.1. The average molecular weight is 245 g/mol. The van der Waals surface area contributed by atoms with Crippen LogP contribution in [0.2, 0.25) is 0 Å². The fourth-order valence-corrected chi connectivity index (χ4v) is 1.18. The first-order chi connectivity index (χ1) is 6.26. The zero-order chi connectivity index (χ0) is 9.68. The van der Waals surface area contributed by atoms with Gasteiger partial charge < -0.3 is 10.4 Å². The summed E-state index contributed by atoms with van der Waals surface area (Å²) in [4.78, 5) is 4.14. The molecule has 0 fully saturated rings. The lowest BCUT2D eigenvalue weighted by atomic mass is 10.2. The molecule has 3 nitrogen and oxygen atoms in total. The van der Waals surface area contributed by atoms with Gasteiger partial charge in [0.2, 0.25) is 0 Å². The highest BCUT2D eigenvalue weighted by Gasteiger charge is 2.03. The molecule has 0 saturated heterocycles. The van der Waals surface area contributed by atoms with Gasteiger partial charge in [0, 0.05) is 10.7 Å². The first-order valence-electron chi connectivity index (χ1n) is 4.25. The molecule has 0 aliphatic carbocycles. The van der Waals surface area contributed by atoms with Crippen molar-refractivity contribution in [3.63, 3.8) is 0 Å². The first-order valence-corrected chi connectivity index (χ1v) is 5.04. The van der Waals surface area contributed by atoms with Gasteiger partial charge in [0.25, 0.3) is 0 Å². The van der Waals surface area contributed by atoms with Crippen LogP contribution in [0, 0.1) is 0 Å². The highest BCUT2D eigenvalue weighted by atomic mass is 79.9. The summed E-state index contributed by atoms with van der Waals surface area (Å²) in [6.45, 7) is 2.15. The van der Waals surface area contributed by atoms with Crippen molar-refractivity contribution in [1.29, 1.82) is 0 Å². The van der Waals surface area contributed by atoms with Gasteiger partial charge in [-0.2, -0.15) is 0 Å². The van der Waals surface area contributed by atoms with Crippen LogP contribution in [-0.2, 0) is 0 Å². The van der Waals surface area contributed by atoms with E-state index in [4.69, 9.17) is 5.11 Å². The van der Waals surface area contributed by atoms with Crippen molar-refractivity contribution in [1.82, 2.24) is 4.98 Å². The molecule has 1 aromatic heterocycles. The van der Waals surface area contributed by atoms with Gasteiger partial charge in [-0.25, -0.2) is 4.98 Å². The van der Waals surface area contributed by atoms with Crippen molar-refractivity contribution < 1.29 is 5.11 Å². The maximum atomic E-state index is 8.94. The largest absolute Gasteiger partial charge is 0.394 e. The molecule has 0 aromatic carbocycles. The van der Waals surface area contributed by atoms with Crippen LogP contribution < -0.4 is 5.32 Å². The minimum absolute atomic E-state index is 0.0914. The molecule has 0 saturated carbocycles. The molecule has 1 aromatic rings. The Hall–Kier alpha value is -0.610. The highest BCUT2D eigenvalue weighted by Crippen LogP contribution is 2.11. The number of aliphatic hydroxyl groups excluding tert-OH is 1. The Morgan fingerprint density at radius 3 is 2.85 bits per heavy atom. The Bertz CT molecular complexity index is 246. The molecule has 0 radical (unpaired) electrons.